The van der Waals surface area contributed by atoms with Gasteiger partial charge in [0.25, 0.3) is 20.2 Å². The zero-order valence-electron chi connectivity index (χ0n) is 30.1. The summed E-state index contributed by atoms with van der Waals surface area (Å²) in [7, 11) is -7.99. The van der Waals surface area contributed by atoms with E-state index >= 15 is 0 Å². The first kappa shape index (κ1) is 38.1. The summed E-state index contributed by atoms with van der Waals surface area (Å²) in [5.41, 5.74) is 7.71. The van der Waals surface area contributed by atoms with E-state index in [4.69, 9.17) is 8.92 Å². The Labute approximate surface area is 306 Å². The van der Waals surface area contributed by atoms with Gasteiger partial charge in [0.15, 0.2) is 13.3 Å². The van der Waals surface area contributed by atoms with Crippen molar-refractivity contribution in [2.45, 2.75) is 52.9 Å². The van der Waals surface area contributed by atoms with Crippen molar-refractivity contribution in [2.24, 2.45) is 5.92 Å². The molecule has 52 heavy (non-hydrogen) atoms. The zero-order chi connectivity index (χ0) is 37.3. The standard InChI is InChI=1S/C37H48N4O9S2/c1-4-41(5-2,6-3)38-25-49-52(47,48)24-22-40-20-10-14-29-33(40)18-16-31-34(26-11-7-8-12-27(26)37(42)43)30-15-17-32-28(35(30)50-36(29)31)13-9-19-39(32)21-23-51(44,45)46/h7-8,11-12,15,17-18,31,38H,4-6,9-10,13-14,16,19-25H2,1-3H3/p+2. The Hall–Kier alpha value is -3.60. The number of nitrogens with zero attached hydrogens (tertiary/aromatic N) is 3. The van der Waals surface area contributed by atoms with Gasteiger partial charge in [-0.05, 0) is 69.7 Å². The molecule has 0 radical (unpaired) electrons. The van der Waals surface area contributed by atoms with Gasteiger partial charge in [-0.15, -0.1) is 5.43 Å². The number of nitrogens with one attached hydrogen (secondary N) is 1. The number of carbonyl (C=O) groups is 1. The highest BCUT2D eigenvalue weighted by Crippen LogP contribution is 2.45. The third-order valence-electron chi connectivity index (χ3n) is 11.1. The number of carboxylic acids is 1. The summed E-state index contributed by atoms with van der Waals surface area (Å²) in [6.45, 7) is 10.1. The fourth-order valence-corrected chi connectivity index (χ4v) is 9.38. The van der Waals surface area contributed by atoms with E-state index in [1.165, 1.54) is 0 Å². The molecule has 1 fully saturated rings. The molecule has 1 saturated heterocycles. The zero-order valence-corrected chi connectivity index (χ0v) is 31.8. The van der Waals surface area contributed by atoms with Crippen molar-refractivity contribution in [1.82, 2.24) is 14.9 Å². The van der Waals surface area contributed by atoms with Gasteiger partial charge in [-0.3, -0.25) is 4.55 Å². The van der Waals surface area contributed by atoms with E-state index in [1.54, 1.807) is 12.1 Å². The molecule has 1 atom stereocenters. The average molecular weight is 759 g/mol. The highest BCUT2D eigenvalue weighted by atomic mass is 32.2. The highest BCUT2D eigenvalue weighted by molar-refractivity contribution is 7.86. The number of piperidine rings is 1. The predicted molar refractivity (Wildman–Crippen MR) is 197 cm³/mol. The van der Waals surface area contributed by atoms with E-state index in [-0.39, 0.29) is 37.1 Å². The van der Waals surface area contributed by atoms with Gasteiger partial charge < -0.3 is 14.7 Å². The molecule has 282 valence electrons. The number of quaternary nitrogens is 1. The van der Waals surface area contributed by atoms with Crippen molar-refractivity contribution in [3.8, 4) is 5.75 Å². The first-order valence-corrected chi connectivity index (χ1v) is 21.4. The number of hydrogen-bond donors (Lipinski definition) is 3. The number of hydrogen-bond acceptors (Lipinski definition) is 9. The summed E-state index contributed by atoms with van der Waals surface area (Å²) in [4.78, 5) is 14.6. The van der Waals surface area contributed by atoms with Crippen LogP contribution in [0.5, 0.6) is 5.75 Å². The van der Waals surface area contributed by atoms with Crippen LogP contribution in [0.3, 0.4) is 0 Å². The summed E-state index contributed by atoms with van der Waals surface area (Å²) in [5.74, 6) is -0.505. The van der Waals surface area contributed by atoms with Gasteiger partial charge in [0, 0.05) is 48.0 Å². The van der Waals surface area contributed by atoms with Crippen molar-refractivity contribution < 1.29 is 44.8 Å². The van der Waals surface area contributed by atoms with Crippen molar-refractivity contribution in [3.63, 3.8) is 0 Å². The Kier molecular flexibility index (Phi) is 11.3. The lowest BCUT2D eigenvalue weighted by Crippen LogP contribution is -2.58. The summed E-state index contributed by atoms with van der Waals surface area (Å²) in [6.07, 6.45) is 5.57. The fraction of sp³-hybridized carbons (Fsp3) is 0.514. The summed E-state index contributed by atoms with van der Waals surface area (Å²) < 4.78 is 73.7. The summed E-state index contributed by atoms with van der Waals surface area (Å²) >= 11 is 0. The minimum Gasteiger partial charge on any atom is -0.478 e. The molecule has 2 aromatic rings. The topological polar surface area (TPSA) is 163 Å². The van der Waals surface area contributed by atoms with Gasteiger partial charge in [-0.25, -0.2) is 18.1 Å². The van der Waals surface area contributed by atoms with Crippen LogP contribution in [0.2, 0.25) is 0 Å². The first-order valence-electron chi connectivity index (χ1n) is 18.2. The maximum atomic E-state index is 13.0. The molecule has 0 saturated carbocycles. The van der Waals surface area contributed by atoms with E-state index in [9.17, 15) is 31.3 Å². The number of ether oxygens (including phenoxy) is 1. The number of carboxylic acid groups (broad SMARTS) is 1. The SMILES string of the molecule is CC[N+](CC)(CC)NCOS(=O)(=O)CCN1CCCC2=C3Oc4c5c(ccc4=C(c4ccccc4C(=O)O)C3CC=C21)=[N+](CCS(=O)(=O)O)CCC5. The third kappa shape index (κ3) is 7.85. The second-order valence-electron chi connectivity index (χ2n) is 13.8. The lowest BCUT2D eigenvalue weighted by molar-refractivity contribution is -0.966. The molecular formula is C37H50N4O9S2+2. The van der Waals surface area contributed by atoms with E-state index in [0.29, 0.717) is 48.3 Å². The smallest absolute Gasteiger partial charge is 0.336 e. The Morgan fingerprint density at radius 2 is 1.79 bits per heavy atom. The van der Waals surface area contributed by atoms with E-state index < -0.39 is 32.0 Å². The molecule has 0 amide bonds. The molecule has 0 bridgehead atoms. The van der Waals surface area contributed by atoms with Gasteiger partial charge in [0.1, 0.15) is 23.8 Å². The van der Waals surface area contributed by atoms with Gasteiger partial charge >= 0.3 is 5.97 Å². The Morgan fingerprint density at radius 1 is 1.04 bits per heavy atom. The maximum Gasteiger partial charge on any atom is 0.336 e. The normalized spacial score (nSPS) is 19.0. The molecule has 2 aromatic carbocycles. The van der Waals surface area contributed by atoms with E-state index in [0.717, 1.165) is 71.2 Å². The van der Waals surface area contributed by atoms with Crippen LogP contribution in [0.15, 0.2) is 59.5 Å². The molecule has 1 unspecified atom stereocenters. The maximum absolute atomic E-state index is 13.0. The lowest BCUT2D eigenvalue weighted by atomic mass is 9.77. The van der Waals surface area contributed by atoms with Crippen molar-refractivity contribution in [3.05, 3.63) is 86.8 Å². The van der Waals surface area contributed by atoms with E-state index in [1.807, 2.05) is 28.8 Å². The van der Waals surface area contributed by atoms with Crippen LogP contribution >= 0.6 is 0 Å². The molecule has 3 N–H and O–H groups in total. The second kappa shape index (κ2) is 15.4. The average Bonchev–Trinajstić information content (AvgIpc) is 3.13. The third-order valence-corrected chi connectivity index (χ3v) is 12.9. The largest absolute Gasteiger partial charge is 0.478 e. The second-order valence-corrected chi connectivity index (χ2v) is 17.1. The molecule has 13 nitrogen and oxygen atoms in total. The summed E-state index contributed by atoms with van der Waals surface area (Å²) in [5, 5.41) is 11.9. The Morgan fingerprint density at radius 3 is 2.50 bits per heavy atom. The first-order chi connectivity index (χ1) is 24.8. The van der Waals surface area contributed by atoms with Crippen LogP contribution in [0.25, 0.3) is 5.57 Å². The van der Waals surface area contributed by atoms with Crippen LogP contribution in [0, 0.1) is 5.92 Å². The number of aromatic carboxylic acids is 1. The van der Waals surface area contributed by atoms with Gasteiger partial charge in [-0.1, -0.05) is 24.3 Å². The molecule has 15 heteroatoms. The van der Waals surface area contributed by atoms with Crippen LogP contribution in [-0.2, 0) is 30.8 Å². The minimum absolute atomic E-state index is 0.0984. The molecule has 1 aliphatic carbocycles. The van der Waals surface area contributed by atoms with Crippen molar-refractivity contribution in [1.29, 1.82) is 0 Å². The number of allylic oxidation sites excluding steroid dienone is 3. The highest BCUT2D eigenvalue weighted by Gasteiger charge is 2.39. The monoisotopic (exact) mass is 758 g/mol. The summed E-state index contributed by atoms with van der Waals surface area (Å²) in [6, 6.07) is 10.9. The van der Waals surface area contributed by atoms with Crippen molar-refractivity contribution in [2.75, 3.05) is 64.0 Å². The van der Waals surface area contributed by atoms with Crippen LogP contribution in [0.4, 0.5) is 0 Å². The van der Waals surface area contributed by atoms with E-state index in [2.05, 4.69) is 37.2 Å². The van der Waals surface area contributed by atoms with Gasteiger partial charge in [-0.2, -0.15) is 16.8 Å². The molecule has 4 aliphatic rings. The predicted octanol–water partition coefficient (Wildman–Crippen LogP) is 2.24. The van der Waals surface area contributed by atoms with Crippen LogP contribution < -0.4 is 25.3 Å². The molecule has 3 heterocycles. The quantitative estimate of drug-likeness (QED) is 0.0610. The molecule has 3 aliphatic heterocycles. The van der Waals surface area contributed by atoms with Crippen LogP contribution in [-0.4, -0.2) is 106 Å². The Balaban J connectivity index is 1.37. The number of fused-ring (bicyclic) bond motifs is 5. The van der Waals surface area contributed by atoms with Crippen LogP contribution in [0.1, 0.15) is 67.9 Å². The van der Waals surface area contributed by atoms with Gasteiger partial charge in [0.05, 0.1) is 36.5 Å². The molecule has 6 rings (SSSR count). The molecular weight excluding hydrogens is 709 g/mol. The number of benzene rings is 2. The Bertz CT molecular complexity index is 2130. The molecule has 0 aromatic heterocycles. The lowest BCUT2D eigenvalue weighted by Gasteiger charge is -2.41. The minimum atomic E-state index is -4.16. The fourth-order valence-electron chi connectivity index (χ4n) is 8.13. The number of rotatable bonds is 15. The van der Waals surface area contributed by atoms with Gasteiger partial charge in [0.2, 0.25) is 5.36 Å². The van der Waals surface area contributed by atoms with Crippen molar-refractivity contribution >= 4 is 31.8 Å². The number of likely N-dealkylation sites (tertiary alicyclic amines) is 1. The molecule has 0 spiro atoms.